The van der Waals surface area contributed by atoms with Gasteiger partial charge in [0.1, 0.15) is 6.33 Å². The first-order chi connectivity index (χ1) is 7.92. The molecule has 2 N–H and O–H groups in total. The molecule has 5 heteroatoms. The summed E-state index contributed by atoms with van der Waals surface area (Å²) in [6.45, 7) is 4.15. The summed E-state index contributed by atoms with van der Waals surface area (Å²) >= 11 is 0. The van der Waals surface area contributed by atoms with Crippen molar-refractivity contribution in [2.45, 2.75) is 12.5 Å². The fraction of sp³-hybridized carbons (Fsp3) is 0.636. The first-order valence-corrected chi connectivity index (χ1v) is 5.69. The third kappa shape index (κ3) is 2.75. The Bertz CT molecular complexity index is 298. The van der Waals surface area contributed by atoms with Crippen LogP contribution in [0.15, 0.2) is 18.6 Å². The van der Waals surface area contributed by atoms with Gasteiger partial charge < -0.3 is 10.5 Å². The molecule has 1 saturated heterocycles. The van der Waals surface area contributed by atoms with Gasteiger partial charge in [0.2, 0.25) is 0 Å². The summed E-state index contributed by atoms with van der Waals surface area (Å²) in [7, 11) is 0. The van der Waals surface area contributed by atoms with Gasteiger partial charge in [-0.2, -0.15) is 0 Å². The lowest BCUT2D eigenvalue weighted by molar-refractivity contribution is 0.132. The molecule has 1 fully saturated rings. The minimum atomic E-state index is 0.185. The Hall–Kier alpha value is -1.04. The molecule has 2 heterocycles. The minimum Gasteiger partial charge on any atom is -0.380 e. The van der Waals surface area contributed by atoms with Crippen molar-refractivity contribution in [3.63, 3.8) is 0 Å². The van der Waals surface area contributed by atoms with Gasteiger partial charge in [-0.3, -0.25) is 4.90 Å². The second kappa shape index (κ2) is 5.89. The van der Waals surface area contributed by atoms with Crippen LogP contribution >= 0.6 is 0 Å². The van der Waals surface area contributed by atoms with Crippen LogP contribution in [0.1, 0.15) is 18.2 Å². The molecule has 5 nitrogen and oxygen atoms in total. The zero-order valence-electron chi connectivity index (χ0n) is 9.38. The maximum atomic E-state index is 5.84. The molecular formula is C11H18N4O. The van der Waals surface area contributed by atoms with E-state index in [1.165, 1.54) is 0 Å². The molecular weight excluding hydrogens is 204 g/mol. The van der Waals surface area contributed by atoms with E-state index in [1.807, 2.05) is 6.07 Å². The van der Waals surface area contributed by atoms with E-state index in [0.717, 1.165) is 38.4 Å². The molecule has 0 bridgehead atoms. The maximum Gasteiger partial charge on any atom is 0.115 e. The Morgan fingerprint density at radius 3 is 3.12 bits per heavy atom. The molecule has 16 heavy (non-hydrogen) atoms. The number of nitrogens with zero attached hydrogens (tertiary/aromatic N) is 3. The molecule has 0 aliphatic carbocycles. The van der Waals surface area contributed by atoms with E-state index in [1.54, 1.807) is 12.5 Å². The van der Waals surface area contributed by atoms with E-state index in [9.17, 15) is 0 Å². The van der Waals surface area contributed by atoms with E-state index >= 15 is 0 Å². The average Bonchev–Trinajstić information content (AvgIpc) is 2.61. The van der Waals surface area contributed by atoms with Gasteiger partial charge in [0.25, 0.3) is 0 Å². The van der Waals surface area contributed by atoms with E-state index in [-0.39, 0.29) is 6.04 Å². The predicted octanol–water partition coefficient (Wildman–Crippen LogP) is 0.199. The third-order valence-corrected chi connectivity index (χ3v) is 2.87. The Balaban J connectivity index is 2.09. The van der Waals surface area contributed by atoms with Gasteiger partial charge in [0, 0.05) is 32.4 Å². The summed E-state index contributed by atoms with van der Waals surface area (Å²) in [5.41, 5.74) is 6.84. The van der Waals surface area contributed by atoms with Crippen LogP contribution < -0.4 is 5.73 Å². The third-order valence-electron chi connectivity index (χ3n) is 2.87. The van der Waals surface area contributed by atoms with Gasteiger partial charge in [0.15, 0.2) is 0 Å². The Morgan fingerprint density at radius 1 is 1.44 bits per heavy atom. The maximum absolute atomic E-state index is 5.84. The first kappa shape index (κ1) is 11.4. The van der Waals surface area contributed by atoms with Crippen LogP contribution in [0.2, 0.25) is 0 Å². The molecule has 0 aromatic carbocycles. The van der Waals surface area contributed by atoms with Crippen molar-refractivity contribution in [1.82, 2.24) is 14.9 Å². The number of rotatable bonds is 3. The average molecular weight is 222 g/mol. The molecule has 0 spiro atoms. The van der Waals surface area contributed by atoms with Crippen molar-refractivity contribution in [3.8, 4) is 0 Å². The Morgan fingerprint density at radius 2 is 2.38 bits per heavy atom. The smallest absolute Gasteiger partial charge is 0.115 e. The lowest BCUT2D eigenvalue weighted by atomic mass is 10.1. The first-order valence-electron chi connectivity index (χ1n) is 5.69. The zero-order chi connectivity index (χ0) is 11.2. The van der Waals surface area contributed by atoms with Crippen molar-refractivity contribution < 1.29 is 4.74 Å². The van der Waals surface area contributed by atoms with Crippen LogP contribution in [0.3, 0.4) is 0 Å². The topological polar surface area (TPSA) is 64.3 Å². The fourth-order valence-electron chi connectivity index (χ4n) is 2.03. The number of aromatic nitrogens is 2. The largest absolute Gasteiger partial charge is 0.380 e. The van der Waals surface area contributed by atoms with Gasteiger partial charge >= 0.3 is 0 Å². The van der Waals surface area contributed by atoms with E-state index in [4.69, 9.17) is 10.5 Å². The van der Waals surface area contributed by atoms with Crippen molar-refractivity contribution in [1.29, 1.82) is 0 Å². The van der Waals surface area contributed by atoms with Gasteiger partial charge in [-0.1, -0.05) is 0 Å². The molecule has 1 unspecified atom stereocenters. The van der Waals surface area contributed by atoms with Crippen LogP contribution in [-0.2, 0) is 4.74 Å². The molecule has 1 aliphatic heterocycles. The number of nitrogens with two attached hydrogens (primary N) is 1. The second-order valence-corrected chi connectivity index (χ2v) is 3.89. The number of hydrogen-bond acceptors (Lipinski definition) is 5. The highest BCUT2D eigenvalue weighted by Crippen LogP contribution is 2.18. The van der Waals surface area contributed by atoms with Crippen molar-refractivity contribution >= 4 is 0 Å². The van der Waals surface area contributed by atoms with E-state index < -0.39 is 0 Å². The zero-order valence-corrected chi connectivity index (χ0v) is 9.38. The highest BCUT2D eigenvalue weighted by molar-refractivity contribution is 5.05. The number of hydrogen-bond donors (Lipinski definition) is 1. The van der Waals surface area contributed by atoms with Gasteiger partial charge in [-0.15, -0.1) is 0 Å². The molecule has 0 radical (unpaired) electrons. The minimum absolute atomic E-state index is 0.185. The molecule has 88 valence electrons. The molecule has 1 aromatic heterocycles. The van der Waals surface area contributed by atoms with Gasteiger partial charge in [-0.05, 0) is 12.5 Å². The monoisotopic (exact) mass is 222 g/mol. The molecule has 0 saturated carbocycles. The molecule has 1 aliphatic rings. The SMILES string of the molecule is NCC(c1ccncn1)N1CCCOCC1. The fourth-order valence-corrected chi connectivity index (χ4v) is 2.03. The normalized spacial score (nSPS) is 20.3. The quantitative estimate of drug-likeness (QED) is 0.791. The molecule has 0 amide bonds. The van der Waals surface area contributed by atoms with Crippen LogP contribution in [0.25, 0.3) is 0 Å². The van der Waals surface area contributed by atoms with Crippen LogP contribution in [-0.4, -0.2) is 47.7 Å². The summed E-state index contributed by atoms with van der Waals surface area (Å²) in [5.74, 6) is 0. The van der Waals surface area contributed by atoms with Crippen molar-refractivity contribution in [2.24, 2.45) is 5.73 Å². The standard InChI is InChI=1S/C11H18N4O/c12-8-11(10-2-3-13-9-14-10)15-4-1-6-16-7-5-15/h2-3,9,11H,1,4-8,12H2. The molecule has 1 aromatic rings. The summed E-state index contributed by atoms with van der Waals surface area (Å²) in [5, 5.41) is 0. The van der Waals surface area contributed by atoms with Gasteiger partial charge in [0.05, 0.1) is 18.3 Å². The molecule has 1 atom stereocenters. The lowest BCUT2D eigenvalue weighted by Gasteiger charge is -2.28. The van der Waals surface area contributed by atoms with Crippen LogP contribution in [0.4, 0.5) is 0 Å². The number of ether oxygens (including phenoxy) is 1. The lowest BCUT2D eigenvalue weighted by Crippen LogP contribution is -2.36. The summed E-state index contributed by atoms with van der Waals surface area (Å²) < 4.78 is 5.44. The predicted molar refractivity (Wildman–Crippen MR) is 60.8 cm³/mol. The van der Waals surface area contributed by atoms with E-state index in [2.05, 4.69) is 14.9 Å². The van der Waals surface area contributed by atoms with Gasteiger partial charge in [-0.25, -0.2) is 9.97 Å². The summed E-state index contributed by atoms with van der Waals surface area (Å²) in [4.78, 5) is 10.6. The second-order valence-electron chi connectivity index (χ2n) is 3.89. The Labute approximate surface area is 95.6 Å². The Kier molecular flexibility index (Phi) is 4.21. The highest BCUT2D eigenvalue weighted by atomic mass is 16.5. The van der Waals surface area contributed by atoms with Crippen molar-refractivity contribution in [3.05, 3.63) is 24.3 Å². The van der Waals surface area contributed by atoms with Crippen molar-refractivity contribution in [2.75, 3.05) is 32.8 Å². The summed E-state index contributed by atoms with van der Waals surface area (Å²) in [6.07, 6.45) is 4.40. The molecule has 2 rings (SSSR count). The van der Waals surface area contributed by atoms with Crippen LogP contribution in [0.5, 0.6) is 0 Å². The van der Waals surface area contributed by atoms with E-state index in [0.29, 0.717) is 6.54 Å². The van der Waals surface area contributed by atoms with Crippen LogP contribution in [0, 0.1) is 0 Å². The highest BCUT2D eigenvalue weighted by Gasteiger charge is 2.21. The summed E-state index contributed by atoms with van der Waals surface area (Å²) in [6, 6.07) is 2.12.